The van der Waals surface area contributed by atoms with E-state index in [1.807, 2.05) is 66.9 Å². The van der Waals surface area contributed by atoms with E-state index in [0.717, 1.165) is 22.5 Å². The lowest BCUT2D eigenvalue weighted by Gasteiger charge is -2.02. The summed E-state index contributed by atoms with van der Waals surface area (Å²) in [4.78, 5) is 27.2. The van der Waals surface area contributed by atoms with Crippen molar-refractivity contribution in [3.05, 3.63) is 76.3 Å². The summed E-state index contributed by atoms with van der Waals surface area (Å²) >= 11 is 1.40. The lowest BCUT2D eigenvalue weighted by molar-refractivity contribution is 0.971. The molecule has 0 aliphatic rings. The van der Waals surface area contributed by atoms with Gasteiger partial charge in [0.25, 0.3) is 5.56 Å². The van der Waals surface area contributed by atoms with Gasteiger partial charge < -0.3 is 9.97 Å². The molecule has 4 aromatic rings. The highest BCUT2D eigenvalue weighted by molar-refractivity contribution is 7.98. The van der Waals surface area contributed by atoms with Gasteiger partial charge in [-0.1, -0.05) is 48.2 Å². The standard InChI is InChI=1S/C20H16N4OS/c1-26-20-23-18-15(19(25)24-20)12-17(22-18)14-8-5-11-21-16(14)10-9-13-6-3-2-4-7-13/h2-12H,1H3,(H2,22,23,24,25)/b10-9+. The third-order valence-electron chi connectivity index (χ3n) is 4.03. The monoisotopic (exact) mass is 360 g/mol. The first-order chi connectivity index (χ1) is 12.7. The molecule has 4 rings (SSSR count). The topological polar surface area (TPSA) is 74.4 Å². The Morgan fingerprint density at radius 2 is 1.88 bits per heavy atom. The Balaban J connectivity index is 1.79. The lowest BCUT2D eigenvalue weighted by atomic mass is 10.1. The molecule has 128 valence electrons. The fraction of sp³-hybridized carbons (Fsp3) is 0.0500. The molecule has 0 aliphatic carbocycles. The van der Waals surface area contributed by atoms with Crippen molar-refractivity contribution < 1.29 is 0 Å². The van der Waals surface area contributed by atoms with Gasteiger partial charge in [-0.25, -0.2) is 4.98 Å². The molecule has 0 fully saturated rings. The van der Waals surface area contributed by atoms with Crippen LogP contribution < -0.4 is 5.56 Å². The fourth-order valence-electron chi connectivity index (χ4n) is 2.76. The van der Waals surface area contributed by atoms with Crippen LogP contribution in [0.4, 0.5) is 0 Å². The molecule has 0 saturated carbocycles. The fourth-order valence-corrected chi connectivity index (χ4v) is 3.14. The average Bonchev–Trinajstić information content (AvgIpc) is 3.12. The number of benzene rings is 1. The van der Waals surface area contributed by atoms with Crippen molar-refractivity contribution in [3.8, 4) is 11.3 Å². The third-order valence-corrected chi connectivity index (χ3v) is 4.61. The molecule has 0 spiro atoms. The van der Waals surface area contributed by atoms with E-state index in [9.17, 15) is 4.79 Å². The molecule has 2 N–H and O–H groups in total. The molecule has 3 heterocycles. The molecule has 6 heteroatoms. The second-order valence-corrected chi connectivity index (χ2v) is 6.50. The predicted octanol–water partition coefficient (Wildman–Crippen LogP) is 4.21. The minimum atomic E-state index is -0.146. The number of rotatable bonds is 4. The summed E-state index contributed by atoms with van der Waals surface area (Å²) in [6.45, 7) is 0. The van der Waals surface area contributed by atoms with E-state index in [1.165, 1.54) is 11.8 Å². The van der Waals surface area contributed by atoms with E-state index in [4.69, 9.17) is 0 Å². The van der Waals surface area contributed by atoms with E-state index in [-0.39, 0.29) is 5.56 Å². The first-order valence-corrected chi connectivity index (χ1v) is 9.32. The van der Waals surface area contributed by atoms with Gasteiger partial charge >= 0.3 is 0 Å². The van der Waals surface area contributed by atoms with Crippen LogP contribution in [0.2, 0.25) is 0 Å². The Bertz CT molecular complexity index is 1150. The van der Waals surface area contributed by atoms with Gasteiger partial charge in [0.2, 0.25) is 0 Å². The number of hydrogen-bond acceptors (Lipinski definition) is 4. The van der Waals surface area contributed by atoms with Crippen LogP contribution in [0.25, 0.3) is 34.4 Å². The highest BCUT2D eigenvalue weighted by atomic mass is 32.2. The van der Waals surface area contributed by atoms with E-state index in [0.29, 0.717) is 16.2 Å². The number of nitrogens with zero attached hydrogens (tertiary/aromatic N) is 2. The maximum Gasteiger partial charge on any atom is 0.261 e. The predicted molar refractivity (Wildman–Crippen MR) is 107 cm³/mol. The second kappa shape index (κ2) is 7.01. The number of thioether (sulfide) groups is 1. The summed E-state index contributed by atoms with van der Waals surface area (Å²) in [5, 5.41) is 1.13. The zero-order chi connectivity index (χ0) is 17.9. The number of hydrogen-bond donors (Lipinski definition) is 2. The minimum absolute atomic E-state index is 0.146. The molecule has 0 bridgehead atoms. The van der Waals surface area contributed by atoms with Crippen LogP contribution in [-0.4, -0.2) is 26.2 Å². The molecule has 5 nitrogen and oxygen atoms in total. The molecule has 0 amide bonds. The van der Waals surface area contributed by atoms with Crippen LogP contribution in [-0.2, 0) is 0 Å². The SMILES string of the molecule is CSc1nc2[nH]c(-c3cccnc3/C=C/c3ccccc3)cc2c(=O)[nH]1. The highest BCUT2D eigenvalue weighted by Crippen LogP contribution is 2.25. The zero-order valence-electron chi connectivity index (χ0n) is 14.1. The van der Waals surface area contributed by atoms with Crippen LogP contribution in [0.1, 0.15) is 11.3 Å². The molecular weight excluding hydrogens is 344 g/mol. The van der Waals surface area contributed by atoms with Crippen LogP contribution in [0.5, 0.6) is 0 Å². The van der Waals surface area contributed by atoms with Gasteiger partial charge in [0.05, 0.1) is 16.8 Å². The van der Waals surface area contributed by atoms with Crippen LogP contribution >= 0.6 is 11.8 Å². The average molecular weight is 360 g/mol. The number of pyridine rings is 1. The van der Waals surface area contributed by atoms with Crippen molar-refractivity contribution in [2.24, 2.45) is 0 Å². The largest absolute Gasteiger partial charge is 0.339 e. The Morgan fingerprint density at radius 1 is 1.04 bits per heavy atom. The second-order valence-electron chi connectivity index (χ2n) is 5.70. The van der Waals surface area contributed by atoms with Gasteiger partial charge in [-0.05, 0) is 36.1 Å². The normalized spacial score (nSPS) is 11.4. The first-order valence-electron chi connectivity index (χ1n) is 8.10. The summed E-state index contributed by atoms with van der Waals surface area (Å²) < 4.78 is 0. The Kier molecular flexibility index (Phi) is 4.41. The minimum Gasteiger partial charge on any atom is -0.339 e. The quantitative estimate of drug-likeness (QED) is 0.422. The lowest BCUT2D eigenvalue weighted by Crippen LogP contribution is -2.07. The molecular formula is C20H16N4OS. The molecule has 1 aromatic carbocycles. The van der Waals surface area contributed by atoms with Crippen molar-refractivity contribution in [1.82, 2.24) is 19.9 Å². The van der Waals surface area contributed by atoms with E-state index in [2.05, 4.69) is 19.9 Å². The van der Waals surface area contributed by atoms with Crippen molar-refractivity contribution >= 4 is 34.9 Å². The van der Waals surface area contributed by atoms with Crippen LogP contribution in [0.3, 0.4) is 0 Å². The summed E-state index contributed by atoms with van der Waals surface area (Å²) in [7, 11) is 0. The van der Waals surface area contributed by atoms with Gasteiger partial charge in [-0.2, -0.15) is 0 Å². The summed E-state index contributed by atoms with van der Waals surface area (Å²) in [6.07, 6.45) is 7.63. The number of aromatic amines is 2. The molecule has 0 atom stereocenters. The summed E-state index contributed by atoms with van der Waals surface area (Å²) in [5.74, 6) is 0. The summed E-state index contributed by atoms with van der Waals surface area (Å²) in [5.41, 5.74) is 4.09. The number of nitrogens with one attached hydrogen (secondary N) is 2. The van der Waals surface area contributed by atoms with E-state index < -0.39 is 0 Å². The Hall–Kier alpha value is -3.12. The third kappa shape index (κ3) is 3.19. The molecule has 0 radical (unpaired) electrons. The Morgan fingerprint density at radius 3 is 2.69 bits per heavy atom. The molecule has 26 heavy (non-hydrogen) atoms. The van der Waals surface area contributed by atoms with Crippen LogP contribution in [0, 0.1) is 0 Å². The van der Waals surface area contributed by atoms with Crippen molar-refractivity contribution in [2.75, 3.05) is 6.26 Å². The van der Waals surface area contributed by atoms with E-state index >= 15 is 0 Å². The zero-order valence-corrected chi connectivity index (χ0v) is 14.9. The van der Waals surface area contributed by atoms with Gasteiger partial charge in [-0.3, -0.25) is 9.78 Å². The van der Waals surface area contributed by atoms with Crippen LogP contribution in [0.15, 0.2) is 64.7 Å². The number of fused-ring (bicyclic) bond motifs is 1. The van der Waals surface area contributed by atoms with Gasteiger partial charge in [-0.15, -0.1) is 0 Å². The van der Waals surface area contributed by atoms with Crippen molar-refractivity contribution in [2.45, 2.75) is 5.16 Å². The molecule has 0 aliphatic heterocycles. The van der Waals surface area contributed by atoms with Crippen molar-refractivity contribution in [1.29, 1.82) is 0 Å². The van der Waals surface area contributed by atoms with Gasteiger partial charge in [0.15, 0.2) is 5.16 Å². The molecule has 0 saturated heterocycles. The van der Waals surface area contributed by atoms with E-state index in [1.54, 1.807) is 6.20 Å². The van der Waals surface area contributed by atoms with Gasteiger partial charge in [0.1, 0.15) is 5.65 Å². The summed E-state index contributed by atoms with van der Waals surface area (Å²) in [6, 6.07) is 15.7. The Labute approximate surface area is 154 Å². The molecule has 3 aromatic heterocycles. The maximum absolute atomic E-state index is 12.2. The number of H-pyrrole nitrogens is 2. The van der Waals surface area contributed by atoms with Crippen molar-refractivity contribution in [3.63, 3.8) is 0 Å². The van der Waals surface area contributed by atoms with Gasteiger partial charge in [0, 0.05) is 11.8 Å². The molecule has 0 unspecified atom stereocenters. The smallest absolute Gasteiger partial charge is 0.261 e. The maximum atomic E-state index is 12.2. The first kappa shape index (κ1) is 16.4. The highest BCUT2D eigenvalue weighted by Gasteiger charge is 2.11. The number of aromatic nitrogens is 4.